The zero-order valence-electron chi connectivity index (χ0n) is 10.7. The first-order valence-electron chi connectivity index (χ1n) is 5.85. The average Bonchev–Trinajstić information content (AvgIpc) is 2.42. The highest BCUT2D eigenvalue weighted by Gasteiger charge is 2.04. The molecule has 96 valence electrons. The molecule has 0 unspecified atom stereocenters. The summed E-state index contributed by atoms with van der Waals surface area (Å²) in [5.41, 5.74) is 1.87. The lowest BCUT2D eigenvalue weighted by Gasteiger charge is -2.15. The lowest BCUT2D eigenvalue weighted by Crippen LogP contribution is -2.36. The molecule has 1 aromatic carbocycles. The van der Waals surface area contributed by atoms with Gasteiger partial charge in [0.1, 0.15) is 6.61 Å². The van der Waals surface area contributed by atoms with E-state index in [1.54, 1.807) is 11.9 Å². The highest BCUT2D eigenvalue weighted by molar-refractivity contribution is 5.73. The molecule has 0 aliphatic rings. The summed E-state index contributed by atoms with van der Waals surface area (Å²) >= 11 is 0. The average molecular weight is 246 g/mol. The number of hydrogen-bond donors (Lipinski definition) is 2. The first-order valence-corrected chi connectivity index (χ1v) is 5.85. The van der Waals surface area contributed by atoms with Crippen LogP contribution in [0.2, 0.25) is 0 Å². The van der Waals surface area contributed by atoms with Crippen LogP contribution >= 0.6 is 0 Å². The molecule has 18 heavy (non-hydrogen) atoms. The molecule has 0 fully saturated rings. The molecule has 2 N–H and O–H groups in total. The van der Waals surface area contributed by atoms with Crippen LogP contribution in [0.3, 0.4) is 0 Å². The van der Waals surface area contributed by atoms with Crippen molar-refractivity contribution in [3.8, 4) is 11.8 Å². The van der Waals surface area contributed by atoms with Gasteiger partial charge in [0.2, 0.25) is 0 Å². The van der Waals surface area contributed by atoms with Crippen molar-refractivity contribution in [1.82, 2.24) is 10.2 Å². The number of benzene rings is 1. The first-order chi connectivity index (χ1) is 8.67. The van der Waals surface area contributed by atoms with Crippen LogP contribution in [0.15, 0.2) is 24.3 Å². The maximum absolute atomic E-state index is 11.5. The number of carbonyl (C=O) groups excluding carboxylic acids is 1. The Labute approximate surface area is 108 Å². The fourth-order valence-corrected chi connectivity index (χ4v) is 1.30. The first kappa shape index (κ1) is 14.1. The number of aliphatic hydroxyl groups is 1. The highest BCUT2D eigenvalue weighted by Crippen LogP contribution is 2.03. The molecule has 1 aromatic rings. The summed E-state index contributed by atoms with van der Waals surface area (Å²) in [5, 5.41) is 11.4. The summed E-state index contributed by atoms with van der Waals surface area (Å²) in [7, 11) is 1.75. The van der Waals surface area contributed by atoms with E-state index in [1.807, 2.05) is 31.2 Å². The summed E-state index contributed by atoms with van der Waals surface area (Å²) in [5.74, 6) is 5.40. The zero-order valence-corrected chi connectivity index (χ0v) is 10.7. The van der Waals surface area contributed by atoms with Crippen LogP contribution in [0.25, 0.3) is 0 Å². The van der Waals surface area contributed by atoms with Crippen LogP contribution in [0.5, 0.6) is 0 Å². The molecule has 0 radical (unpaired) electrons. The fraction of sp³-hybridized carbons (Fsp3) is 0.357. The zero-order chi connectivity index (χ0) is 13.4. The lowest BCUT2D eigenvalue weighted by atomic mass is 10.1. The number of nitrogens with zero attached hydrogens (tertiary/aromatic N) is 1. The molecule has 0 aliphatic heterocycles. The van der Waals surface area contributed by atoms with E-state index in [2.05, 4.69) is 17.2 Å². The molecule has 0 saturated carbocycles. The maximum Gasteiger partial charge on any atom is 0.317 e. The van der Waals surface area contributed by atoms with Gasteiger partial charge in [-0.15, -0.1) is 0 Å². The summed E-state index contributed by atoms with van der Waals surface area (Å²) in [6.07, 6.45) is 0. The van der Waals surface area contributed by atoms with Crippen molar-refractivity contribution in [1.29, 1.82) is 0 Å². The van der Waals surface area contributed by atoms with Gasteiger partial charge in [-0.1, -0.05) is 24.0 Å². The standard InChI is InChI=1S/C14H18N2O2/c1-3-16(2)14(18)15-11-13-8-6-12(7-9-13)5-4-10-17/h6-9,17H,3,10-11H2,1-2H3,(H,15,18). The van der Waals surface area contributed by atoms with Crippen molar-refractivity contribution in [2.24, 2.45) is 0 Å². The molecule has 0 heterocycles. The normalized spacial score (nSPS) is 9.28. The van der Waals surface area contributed by atoms with E-state index < -0.39 is 0 Å². The largest absolute Gasteiger partial charge is 0.384 e. The number of hydrogen-bond acceptors (Lipinski definition) is 2. The van der Waals surface area contributed by atoms with E-state index in [4.69, 9.17) is 5.11 Å². The number of amides is 2. The molecule has 0 aliphatic carbocycles. The highest BCUT2D eigenvalue weighted by atomic mass is 16.2. The molecule has 0 aromatic heterocycles. The number of carbonyl (C=O) groups is 1. The van der Waals surface area contributed by atoms with Crippen LogP contribution in [-0.2, 0) is 6.54 Å². The van der Waals surface area contributed by atoms with Gasteiger partial charge in [-0.05, 0) is 24.6 Å². The van der Waals surface area contributed by atoms with Crippen LogP contribution in [0, 0.1) is 11.8 Å². The van der Waals surface area contributed by atoms with Crippen LogP contribution in [0.4, 0.5) is 4.79 Å². The lowest BCUT2D eigenvalue weighted by molar-refractivity contribution is 0.210. The minimum atomic E-state index is -0.138. The molecule has 0 spiro atoms. The van der Waals surface area contributed by atoms with Gasteiger partial charge in [-0.2, -0.15) is 0 Å². The van der Waals surface area contributed by atoms with Crippen LogP contribution in [0.1, 0.15) is 18.1 Å². The molecular weight excluding hydrogens is 228 g/mol. The Morgan fingerprint density at radius 3 is 2.61 bits per heavy atom. The molecule has 0 saturated heterocycles. The van der Waals surface area contributed by atoms with Gasteiger partial charge in [0.25, 0.3) is 0 Å². The van der Waals surface area contributed by atoms with Crippen molar-refractivity contribution >= 4 is 6.03 Å². The third kappa shape index (κ3) is 4.48. The van der Waals surface area contributed by atoms with Gasteiger partial charge in [-0.3, -0.25) is 0 Å². The van der Waals surface area contributed by atoms with Crippen LogP contribution < -0.4 is 5.32 Å². The van der Waals surface area contributed by atoms with E-state index >= 15 is 0 Å². The summed E-state index contributed by atoms with van der Waals surface area (Å²) in [6, 6.07) is 7.48. The summed E-state index contributed by atoms with van der Waals surface area (Å²) < 4.78 is 0. The van der Waals surface area contributed by atoms with Gasteiger partial charge in [0.05, 0.1) is 0 Å². The molecule has 1 rings (SSSR count). The second kappa shape index (κ2) is 7.36. The minimum absolute atomic E-state index is 0.0818. The smallest absolute Gasteiger partial charge is 0.317 e. The molecular formula is C14H18N2O2. The Bertz CT molecular complexity index is 443. The van der Waals surface area contributed by atoms with Crippen molar-refractivity contribution in [2.75, 3.05) is 20.2 Å². The van der Waals surface area contributed by atoms with E-state index in [9.17, 15) is 4.79 Å². The Balaban J connectivity index is 2.51. The van der Waals surface area contributed by atoms with Gasteiger partial charge in [0, 0.05) is 25.7 Å². The Morgan fingerprint density at radius 1 is 1.39 bits per heavy atom. The second-order valence-corrected chi connectivity index (χ2v) is 3.83. The molecule has 4 heteroatoms. The van der Waals surface area contributed by atoms with Crippen LogP contribution in [-0.4, -0.2) is 36.2 Å². The molecule has 0 atom stereocenters. The van der Waals surface area contributed by atoms with Crippen molar-refractivity contribution in [3.63, 3.8) is 0 Å². The summed E-state index contributed by atoms with van der Waals surface area (Å²) in [4.78, 5) is 13.1. The number of nitrogens with one attached hydrogen (secondary N) is 1. The van der Waals surface area contributed by atoms with Gasteiger partial charge in [0.15, 0.2) is 0 Å². The predicted molar refractivity (Wildman–Crippen MR) is 70.9 cm³/mol. The topological polar surface area (TPSA) is 52.6 Å². The van der Waals surface area contributed by atoms with E-state index in [0.29, 0.717) is 13.1 Å². The monoisotopic (exact) mass is 246 g/mol. The summed E-state index contributed by atoms with van der Waals surface area (Å²) in [6.45, 7) is 2.97. The Kier molecular flexibility index (Phi) is 5.75. The minimum Gasteiger partial charge on any atom is -0.384 e. The van der Waals surface area contributed by atoms with Crippen molar-refractivity contribution in [3.05, 3.63) is 35.4 Å². The van der Waals surface area contributed by atoms with Gasteiger partial charge in [-0.25, -0.2) is 4.79 Å². The molecule has 4 nitrogen and oxygen atoms in total. The predicted octanol–water partition coefficient (Wildman–Crippen LogP) is 1.19. The van der Waals surface area contributed by atoms with Crippen molar-refractivity contribution < 1.29 is 9.90 Å². The SMILES string of the molecule is CCN(C)C(=O)NCc1ccc(C#CCO)cc1. The second-order valence-electron chi connectivity index (χ2n) is 3.83. The van der Waals surface area contributed by atoms with E-state index in [0.717, 1.165) is 11.1 Å². The number of rotatable bonds is 3. The van der Waals surface area contributed by atoms with Gasteiger partial charge >= 0.3 is 6.03 Å². The van der Waals surface area contributed by atoms with Crippen molar-refractivity contribution in [2.45, 2.75) is 13.5 Å². The molecule has 0 bridgehead atoms. The van der Waals surface area contributed by atoms with E-state index in [-0.39, 0.29) is 12.6 Å². The number of aliphatic hydroxyl groups excluding tert-OH is 1. The quantitative estimate of drug-likeness (QED) is 0.787. The van der Waals surface area contributed by atoms with Gasteiger partial charge < -0.3 is 15.3 Å². The number of urea groups is 1. The fourth-order valence-electron chi connectivity index (χ4n) is 1.30. The van der Waals surface area contributed by atoms with E-state index in [1.165, 1.54) is 0 Å². The maximum atomic E-state index is 11.5. The third-order valence-electron chi connectivity index (χ3n) is 2.53. The third-order valence-corrected chi connectivity index (χ3v) is 2.53. The molecule has 2 amide bonds. The Morgan fingerprint density at radius 2 is 2.06 bits per heavy atom. The Hall–Kier alpha value is -1.99.